The summed E-state index contributed by atoms with van der Waals surface area (Å²) in [6.45, 7) is 1.78. The number of nitrogens with one attached hydrogen (secondary N) is 1. The molecule has 0 heterocycles. The lowest BCUT2D eigenvalue weighted by atomic mass is 10.2. The zero-order valence-electron chi connectivity index (χ0n) is 11.3. The predicted octanol–water partition coefficient (Wildman–Crippen LogP) is 1.49. The lowest BCUT2D eigenvalue weighted by molar-refractivity contribution is -0.116. The molecule has 0 saturated heterocycles. The van der Waals surface area contributed by atoms with E-state index in [1.807, 2.05) is 0 Å². The van der Waals surface area contributed by atoms with Crippen molar-refractivity contribution >= 4 is 29.9 Å². The van der Waals surface area contributed by atoms with Gasteiger partial charge in [-0.1, -0.05) is 0 Å². The first-order chi connectivity index (χ1) is 8.40. The van der Waals surface area contributed by atoms with Crippen LogP contribution in [-0.4, -0.2) is 36.9 Å². The van der Waals surface area contributed by atoms with Crippen LogP contribution in [0.25, 0.3) is 0 Å². The molecule has 5 nitrogen and oxygen atoms in total. The Labute approximate surface area is 119 Å². The van der Waals surface area contributed by atoms with Gasteiger partial charge in [0, 0.05) is 37.8 Å². The molecule has 2 amide bonds. The van der Waals surface area contributed by atoms with Gasteiger partial charge in [0.2, 0.25) is 5.91 Å². The first-order valence-corrected chi connectivity index (χ1v) is 5.77. The summed E-state index contributed by atoms with van der Waals surface area (Å²) in [5.41, 5.74) is 6.78. The maximum atomic E-state index is 11.6. The molecule has 1 aromatic carbocycles. The Morgan fingerprint density at radius 3 is 2.21 bits per heavy atom. The van der Waals surface area contributed by atoms with Crippen LogP contribution in [0.4, 0.5) is 5.69 Å². The summed E-state index contributed by atoms with van der Waals surface area (Å²) in [4.78, 5) is 24.6. The van der Waals surface area contributed by atoms with E-state index in [2.05, 4.69) is 5.32 Å². The van der Waals surface area contributed by atoms with E-state index in [0.29, 0.717) is 11.3 Å². The van der Waals surface area contributed by atoms with Crippen LogP contribution in [0.15, 0.2) is 24.3 Å². The molecule has 3 N–H and O–H groups in total. The first kappa shape index (κ1) is 17.4. The Bertz CT molecular complexity index is 430. The van der Waals surface area contributed by atoms with Crippen LogP contribution >= 0.6 is 12.4 Å². The van der Waals surface area contributed by atoms with Gasteiger partial charge in [0.25, 0.3) is 5.91 Å². The Balaban J connectivity index is 0.00000324. The molecule has 0 aliphatic heterocycles. The van der Waals surface area contributed by atoms with Crippen molar-refractivity contribution in [3.63, 3.8) is 0 Å². The van der Waals surface area contributed by atoms with Crippen LogP contribution in [0.3, 0.4) is 0 Å². The van der Waals surface area contributed by atoms with E-state index in [-0.39, 0.29) is 36.7 Å². The number of nitrogens with two attached hydrogens (primary N) is 1. The SMILES string of the molecule is CC(N)CC(=O)Nc1ccc(C(=O)N(C)C)cc1.Cl. The number of halogens is 1. The zero-order valence-corrected chi connectivity index (χ0v) is 12.2. The number of amides is 2. The fraction of sp³-hybridized carbons (Fsp3) is 0.385. The first-order valence-electron chi connectivity index (χ1n) is 5.77. The summed E-state index contributed by atoms with van der Waals surface area (Å²) in [7, 11) is 3.39. The molecule has 19 heavy (non-hydrogen) atoms. The van der Waals surface area contributed by atoms with Crippen molar-refractivity contribution in [3.8, 4) is 0 Å². The fourth-order valence-corrected chi connectivity index (χ4v) is 1.46. The van der Waals surface area contributed by atoms with Gasteiger partial charge in [-0.25, -0.2) is 0 Å². The quantitative estimate of drug-likeness (QED) is 0.880. The number of carbonyl (C=O) groups excluding carboxylic acids is 2. The highest BCUT2D eigenvalue weighted by Crippen LogP contribution is 2.11. The Kier molecular flexibility index (Phi) is 7.11. The van der Waals surface area contributed by atoms with E-state index in [1.54, 1.807) is 45.3 Å². The summed E-state index contributed by atoms with van der Waals surface area (Å²) >= 11 is 0. The third kappa shape index (κ3) is 5.72. The largest absolute Gasteiger partial charge is 0.345 e. The van der Waals surface area contributed by atoms with E-state index >= 15 is 0 Å². The number of hydrogen-bond donors (Lipinski definition) is 2. The number of rotatable bonds is 4. The minimum absolute atomic E-state index is 0. The maximum absolute atomic E-state index is 11.6. The second-order valence-corrected chi connectivity index (χ2v) is 4.51. The van der Waals surface area contributed by atoms with Gasteiger partial charge < -0.3 is 16.0 Å². The van der Waals surface area contributed by atoms with Crippen LogP contribution in [0.1, 0.15) is 23.7 Å². The second-order valence-electron chi connectivity index (χ2n) is 4.51. The molecule has 0 aliphatic carbocycles. The monoisotopic (exact) mass is 285 g/mol. The number of benzene rings is 1. The third-order valence-electron chi connectivity index (χ3n) is 2.33. The van der Waals surface area contributed by atoms with E-state index < -0.39 is 0 Å². The topological polar surface area (TPSA) is 75.4 Å². The molecule has 0 aliphatic rings. The van der Waals surface area contributed by atoms with Gasteiger partial charge in [-0.15, -0.1) is 12.4 Å². The van der Waals surface area contributed by atoms with Crippen molar-refractivity contribution in [2.24, 2.45) is 5.73 Å². The summed E-state index contributed by atoms with van der Waals surface area (Å²) in [5.74, 6) is -0.194. The summed E-state index contributed by atoms with van der Waals surface area (Å²) in [5, 5.41) is 2.72. The van der Waals surface area contributed by atoms with Gasteiger partial charge in [0.15, 0.2) is 0 Å². The van der Waals surface area contributed by atoms with Crippen LogP contribution < -0.4 is 11.1 Å². The van der Waals surface area contributed by atoms with Crippen molar-refractivity contribution in [3.05, 3.63) is 29.8 Å². The smallest absolute Gasteiger partial charge is 0.253 e. The molecule has 0 aromatic heterocycles. The van der Waals surface area contributed by atoms with Crippen LogP contribution in [-0.2, 0) is 4.79 Å². The van der Waals surface area contributed by atoms with Gasteiger partial charge in [-0.05, 0) is 31.2 Å². The van der Waals surface area contributed by atoms with Crippen LogP contribution in [0.5, 0.6) is 0 Å². The highest BCUT2D eigenvalue weighted by molar-refractivity contribution is 5.95. The molecule has 0 radical (unpaired) electrons. The Morgan fingerprint density at radius 1 is 1.26 bits per heavy atom. The van der Waals surface area contributed by atoms with Gasteiger partial charge in [-0.3, -0.25) is 9.59 Å². The normalized spacial score (nSPS) is 11.2. The molecule has 6 heteroatoms. The lowest BCUT2D eigenvalue weighted by Crippen LogP contribution is -2.24. The summed E-state index contributed by atoms with van der Waals surface area (Å²) in [6, 6.07) is 6.61. The minimum atomic E-state index is -0.167. The molecule has 106 valence electrons. The van der Waals surface area contributed by atoms with Gasteiger partial charge in [0.05, 0.1) is 0 Å². The van der Waals surface area contributed by atoms with E-state index in [1.165, 1.54) is 4.90 Å². The highest BCUT2D eigenvalue weighted by atomic mass is 35.5. The predicted molar refractivity (Wildman–Crippen MR) is 78.6 cm³/mol. The average molecular weight is 286 g/mol. The fourth-order valence-electron chi connectivity index (χ4n) is 1.46. The molecule has 1 rings (SSSR count). The molecule has 0 bridgehead atoms. The van der Waals surface area contributed by atoms with E-state index in [0.717, 1.165) is 0 Å². The van der Waals surface area contributed by atoms with Crippen molar-refractivity contribution < 1.29 is 9.59 Å². The lowest BCUT2D eigenvalue weighted by Gasteiger charge is -2.11. The Morgan fingerprint density at radius 2 is 1.79 bits per heavy atom. The maximum Gasteiger partial charge on any atom is 0.253 e. The van der Waals surface area contributed by atoms with Crippen LogP contribution in [0, 0.1) is 0 Å². The van der Waals surface area contributed by atoms with Gasteiger partial charge >= 0.3 is 0 Å². The standard InChI is InChI=1S/C13H19N3O2.ClH/c1-9(14)8-12(17)15-11-6-4-10(5-7-11)13(18)16(2)3;/h4-7,9H,8,14H2,1-3H3,(H,15,17);1H. The zero-order chi connectivity index (χ0) is 13.7. The van der Waals surface area contributed by atoms with E-state index in [9.17, 15) is 9.59 Å². The molecule has 1 aromatic rings. The summed E-state index contributed by atoms with van der Waals surface area (Å²) in [6.07, 6.45) is 0.276. The molecule has 1 unspecified atom stereocenters. The van der Waals surface area contributed by atoms with Gasteiger partial charge in [-0.2, -0.15) is 0 Å². The number of nitrogens with zero attached hydrogens (tertiary/aromatic N) is 1. The van der Waals surface area contributed by atoms with Crippen molar-refractivity contribution in [1.29, 1.82) is 0 Å². The highest BCUT2D eigenvalue weighted by Gasteiger charge is 2.08. The van der Waals surface area contributed by atoms with E-state index in [4.69, 9.17) is 5.73 Å². The Hall–Kier alpha value is -1.59. The molecule has 0 spiro atoms. The molecular weight excluding hydrogens is 266 g/mol. The number of hydrogen-bond acceptors (Lipinski definition) is 3. The van der Waals surface area contributed by atoms with Crippen molar-refractivity contribution in [2.45, 2.75) is 19.4 Å². The molecule has 0 saturated carbocycles. The molecule has 0 fully saturated rings. The average Bonchev–Trinajstić information content (AvgIpc) is 2.27. The van der Waals surface area contributed by atoms with Crippen molar-refractivity contribution in [2.75, 3.05) is 19.4 Å². The third-order valence-corrected chi connectivity index (χ3v) is 2.33. The van der Waals surface area contributed by atoms with Gasteiger partial charge in [0.1, 0.15) is 0 Å². The summed E-state index contributed by atoms with van der Waals surface area (Å²) < 4.78 is 0. The molecule has 1 atom stereocenters. The molecular formula is C13H20ClN3O2. The second kappa shape index (κ2) is 7.76. The number of anilines is 1. The van der Waals surface area contributed by atoms with Crippen LogP contribution in [0.2, 0.25) is 0 Å². The minimum Gasteiger partial charge on any atom is -0.345 e. The van der Waals surface area contributed by atoms with Crippen molar-refractivity contribution in [1.82, 2.24) is 4.90 Å². The number of carbonyl (C=O) groups is 2.